The van der Waals surface area contributed by atoms with E-state index in [0.717, 1.165) is 22.4 Å². The van der Waals surface area contributed by atoms with Crippen LogP contribution in [0.1, 0.15) is 37.5 Å². The van der Waals surface area contributed by atoms with E-state index in [1.165, 1.54) is 0 Å². The van der Waals surface area contributed by atoms with Crippen LogP contribution in [0.15, 0.2) is 60.7 Å². The number of anilines is 1. The Morgan fingerprint density at radius 1 is 1.00 bits per heavy atom. The van der Waals surface area contributed by atoms with Gasteiger partial charge in [0.1, 0.15) is 6.61 Å². The van der Waals surface area contributed by atoms with Crippen LogP contribution in [-0.2, 0) is 11.4 Å². The number of fused-ring (bicyclic) bond motifs is 1. The van der Waals surface area contributed by atoms with Gasteiger partial charge in [-0.25, -0.2) is 0 Å². The molecule has 1 heterocycles. The summed E-state index contributed by atoms with van der Waals surface area (Å²) >= 11 is 12.6. The molecule has 176 valence electrons. The molecule has 0 fully saturated rings. The summed E-state index contributed by atoms with van der Waals surface area (Å²) in [4.78, 5) is 15.2. The molecule has 1 aliphatic rings. The van der Waals surface area contributed by atoms with Crippen molar-refractivity contribution < 1.29 is 14.3 Å². The topological polar surface area (TPSA) is 38.8 Å². The second-order valence-electron chi connectivity index (χ2n) is 8.56. The standard InChI is InChI=1S/C28H27Cl2NO3/c1-4-33-26-15-20(14-24(30)27(26)34-17-19-9-11-21(29)12-10-19)13-23-22-7-5-6-8-25(22)31(28(23)32)16-18(2)3/h5-15,18H,4,16-17H2,1-3H3/b23-13-. The number of benzene rings is 3. The highest BCUT2D eigenvalue weighted by atomic mass is 35.5. The Morgan fingerprint density at radius 2 is 1.74 bits per heavy atom. The molecule has 0 saturated carbocycles. The van der Waals surface area contributed by atoms with E-state index in [0.29, 0.717) is 52.8 Å². The summed E-state index contributed by atoms with van der Waals surface area (Å²) in [5.41, 5.74) is 4.24. The van der Waals surface area contributed by atoms with Crippen molar-refractivity contribution in [2.75, 3.05) is 18.1 Å². The van der Waals surface area contributed by atoms with E-state index in [2.05, 4.69) is 13.8 Å². The normalized spacial score (nSPS) is 14.1. The third kappa shape index (κ3) is 5.24. The summed E-state index contributed by atoms with van der Waals surface area (Å²) in [5, 5.41) is 1.09. The van der Waals surface area contributed by atoms with Gasteiger partial charge in [0.25, 0.3) is 5.91 Å². The SMILES string of the molecule is CCOc1cc(/C=C2\C(=O)N(CC(C)C)c3ccccc32)cc(Cl)c1OCc1ccc(Cl)cc1. The molecule has 3 aromatic carbocycles. The van der Waals surface area contributed by atoms with E-state index in [1.54, 1.807) is 6.07 Å². The number of nitrogens with zero attached hydrogens (tertiary/aromatic N) is 1. The lowest BCUT2D eigenvalue weighted by atomic mass is 10.0. The van der Waals surface area contributed by atoms with Crippen LogP contribution >= 0.6 is 23.2 Å². The van der Waals surface area contributed by atoms with Crippen LogP contribution in [0.5, 0.6) is 11.5 Å². The summed E-state index contributed by atoms with van der Waals surface area (Å²) in [6.45, 7) is 7.56. The van der Waals surface area contributed by atoms with Crippen molar-refractivity contribution in [1.82, 2.24) is 0 Å². The molecule has 4 nitrogen and oxygen atoms in total. The smallest absolute Gasteiger partial charge is 0.259 e. The van der Waals surface area contributed by atoms with Gasteiger partial charge in [0.2, 0.25) is 0 Å². The lowest BCUT2D eigenvalue weighted by Gasteiger charge is -2.19. The van der Waals surface area contributed by atoms with E-state index < -0.39 is 0 Å². The zero-order valence-electron chi connectivity index (χ0n) is 19.5. The lowest BCUT2D eigenvalue weighted by Crippen LogP contribution is -2.30. The fourth-order valence-electron chi connectivity index (χ4n) is 3.97. The van der Waals surface area contributed by atoms with Crippen LogP contribution in [0.4, 0.5) is 5.69 Å². The minimum atomic E-state index is -0.00736. The highest BCUT2D eigenvalue weighted by Gasteiger charge is 2.32. The summed E-state index contributed by atoms with van der Waals surface area (Å²) in [6.07, 6.45) is 1.87. The predicted octanol–water partition coefficient (Wildman–Crippen LogP) is 7.51. The number of halogens is 2. The highest BCUT2D eigenvalue weighted by Crippen LogP contribution is 2.41. The monoisotopic (exact) mass is 495 g/mol. The van der Waals surface area contributed by atoms with E-state index in [4.69, 9.17) is 32.7 Å². The molecule has 0 aromatic heterocycles. The first-order valence-electron chi connectivity index (χ1n) is 11.3. The quantitative estimate of drug-likeness (QED) is 0.303. The van der Waals surface area contributed by atoms with Gasteiger partial charge in [0, 0.05) is 22.7 Å². The lowest BCUT2D eigenvalue weighted by molar-refractivity contribution is -0.113. The molecule has 0 aliphatic carbocycles. The number of rotatable bonds is 8. The molecule has 0 saturated heterocycles. The maximum atomic E-state index is 13.3. The largest absolute Gasteiger partial charge is 0.490 e. The third-order valence-corrected chi connectivity index (χ3v) is 5.98. The van der Waals surface area contributed by atoms with Crippen molar-refractivity contribution >= 4 is 46.4 Å². The Hall–Kier alpha value is -2.95. The summed E-state index contributed by atoms with van der Waals surface area (Å²) < 4.78 is 11.9. The molecule has 0 bridgehead atoms. The van der Waals surface area contributed by atoms with Crippen LogP contribution in [0.3, 0.4) is 0 Å². The fraction of sp³-hybridized carbons (Fsp3) is 0.250. The minimum absolute atomic E-state index is 0.00736. The molecule has 0 atom stereocenters. The molecule has 0 radical (unpaired) electrons. The second kappa shape index (κ2) is 10.5. The second-order valence-corrected chi connectivity index (χ2v) is 9.41. The van der Waals surface area contributed by atoms with Crippen LogP contribution in [0.2, 0.25) is 10.0 Å². The first kappa shape index (κ1) is 24.2. The van der Waals surface area contributed by atoms with Gasteiger partial charge in [0.15, 0.2) is 11.5 Å². The number of amides is 1. The maximum absolute atomic E-state index is 13.3. The van der Waals surface area contributed by atoms with Gasteiger partial charge >= 0.3 is 0 Å². The van der Waals surface area contributed by atoms with Crippen molar-refractivity contribution in [3.8, 4) is 11.5 Å². The number of hydrogen-bond acceptors (Lipinski definition) is 3. The summed E-state index contributed by atoms with van der Waals surface area (Å²) in [5.74, 6) is 1.35. The van der Waals surface area contributed by atoms with E-state index in [1.807, 2.05) is 72.5 Å². The maximum Gasteiger partial charge on any atom is 0.259 e. The van der Waals surface area contributed by atoms with Gasteiger partial charge in [0.05, 0.1) is 17.3 Å². The molecule has 6 heteroatoms. The highest BCUT2D eigenvalue weighted by molar-refractivity contribution is 6.36. The first-order valence-corrected chi connectivity index (χ1v) is 12.1. The van der Waals surface area contributed by atoms with E-state index in [-0.39, 0.29) is 5.91 Å². The molecule has 34 heavy (non-hydrogen) atoms. The molecular weight excluding hydrogens is 469 g/mol. The van der Waals surface area contributed by atoms with Gasteiger partial charge in [-0.3, -0.25) is 4.79 Å². The zero-order valence-corrected chi connectivity index (χ0v) is 21.0. The number of hydrogen-bond donors (Lipinski definition) is 0. The molecule has 0 spiro atoms. The van der Waals surface area contributed by atoms with Crippen molar-refractivity contribution in [3.05, 3.63) is 87.4 Å². The molecule has 3 aromatic rings. The average molecular weight is 496 g/mol. The van der Waals surface area contributed by atoms with Crippen molar-refractivity contribution in [2.45, 2.75) is 27.4 Å². The molecule has 1 aliphatic heterocycles. The summed E-state index contributed by atoms with van der Waals surface area (Å²) in [6, 6.07) is 19.0. The minimum Gasteiger partial charge on any atom is -0.490 e. The van der Waals surface area contributed by atoms with Crippen LogP contribution < -0.4 is 14.4 Å². The Bertz CT molecular complexity index is 1220. The van der Waals surface area contributed by atoms with Crippen molar-refractivity contribution in [1.29, 1.82) is 0 Å². The van der Waals surface area contributed by atoms with Gasteiger partial charge in [-0.2, -0.15) is 0 Å². The molecule has 4 rings (SSSR count). The van der Waals surface area contributed by atoms with Crippen molar-refractivity contribution in [3.63, 3.8) is 0 Å². The fourth-order valence-corrected chi connectivity index (χ4v) is 4.37. The van der Waals surface area contributed by atoms with Crippen molar-refractivity contribution in [2.24, 2.45) is 5.92 Å². The average Bonchev–Trinajstić information content (AvgIpc) is 3.05. The number of carbonyl (C=O) groups excluding carboxylic acids is 1. The number of carbonyl (C=O) groups is 1. The third-order valence-electron chi connectivity index (χ3n) is 5.45. The van der Waals surface area contributed by atoms with Gasteiger partial charge in [-0.05, 0) is 60.4 Å². The van der Waals surface area contributed by atoms with E-state index in [9.17, 15) is 4.79 Å². The molecular formula is C28H27Cl2NO3. The Balaban J connectivity index is 1.67. The number of para-hydroxylation sites is 1. The molecule has 0 unspecified atom stereocenters. The number of ether oxygens (including phenoxy) is 2. The van der Waals surface area contributed by atoms with Gasteiger partial charge in [-0.1, -0.05) is 67.4 Å². The van der Waals surface area contributed by atoms with Crippen LogP contribution in [0, 0.1) is 5.92 Å². The molecule has 0 N–H and O–H groups in total. The zero-order chi connectivity index (χ0) is 24.2. The first-order chi connectivity index (χ1) is 16.4. The molecule has 1 amide bonds. The summed E-state index contributed by atoms with van der Waals surface area (Å²) in [7, 11) is 0. The van der Waals surface area contributed by atoms with E-state index >= 15 is 0 Å². The Morgan fingerprint density at radius 3 is 2.44 bits per heavy atom. The van der Waals surface area contributed by atoms with Gasteiger partial charge in [-0.15, -0.1) is 0 Å². The predicted molar refractivity (Wildman–Crippen MR) is 140 cm³/mol. The van der Waals surface area contributed by atoms with Crippen LogP contribution in [0.25, 0.3) is 11.6 Å². The Kier molecular flexibility index (Phi) is 7.50. The Labute approximate surface area is 210 Å². The van der Waals surface area contributed by atoms with Crippen LogP contribution in [-0.4, -0.2) is 19.1 Å². The van der Waals surface area contributed by atoms with Gasteiger partial charge < -0.3 is 14.4 Å².